The van der Waals surface area contributed by atoms with Crippen molar-refractivity contribution in [1.82, 2.24) is 9.80 Å². The lowest BCUT2D eigenvalue weighted by atomic mass is 9.85. The predicted octanol–water partition coefficient (Wildman–Crippen LogP) is 5.94. The van der Waals surface area contributed by atoms with Gasteiger partial charge in [-0.1, -0.05) is 53.5 Å². The van der Waals surface area contributed by atoms with Crippen LogP contribution in [-0.2, 0) is 6.42 Å². The minimum Gasteiger partial charge on any atom is -0.390 e. The molecule has 0 spiro atoms. The highest BCUT2D eigenvalue weighted by Crippen LogP contribution is 2.45. The van der Waals surface area contributed by atoms with Crippen molar-refractivity contribution >= 4 is 29.1 Å². The number of carbonyl (C=O) groups is 1. The molecule has 2 atom stereocenters. The molecule has 2 aromatic rings. The van der Waals surface area contributed by atoms with E-state index in [1.54, 1.807) is 18.2 Å². The zero-order valence-electron chi connectivity index (χ0n) is 20.3. The molecule has 2 aromatic carbocycles. The Bertz CT molecular complexity index is 1020. The van der Waals surface area contributed by atoms with E-state index in [0.29, 0.717) is 27.4 Å². The molecule has 0 radical (unpaired) electrons. The summed E-state index contributed by atoms with van der Waals surface area (Å²) in [7, 11) is 0. The molecule has 1 N–H and O–H groups in total. The van der Waals surface area contributed by atoms with Gasteiger partial charge in [-0.3, -0.25) is 4.79 Å². The summed E-state index contributed by atoms with van der Waals surface area (Å²) in [5.41, 5.74) is 1.43. The topological polar surface area (TPSA) is 43.8 Å². The van der Waals surface area contributed by atoms with Crippen molar-refractivity contribution < 1.29 is 9.90 Å². The molecule has 35 heavy (non-hydrogen) atoms. The number of carbonyl (C=O) groups excluding carboxylic acids is 1. The number of aliphatic hydroxyl groups is 1. The Morgan fingerprint density at radius 3 is 2.43 bits per heavy atom. The van der Waals surface area contributed by atoms with Gasteiger partial charge < -0.3 is 14.9 Å². The Morgan fingerprint density at radius 2 is 1.74 bits per heavy atom. The summed E-state index contributed by atoms with van der Waals surface area (Å²) in [4.78, 5) is 17.8. The normalized spacial score (nSPS) is 24.6. The predicted molar refractivity (Wildman–Crippen MR) is 142 cm³/mol. The molecular formula is C29H36Cl2N2O2. The number of nitrogens with zero attached hydrogens (tertiary/aromatic N) is 2. The average Bonchev–Trinajstić information content (AvgIpc) is 3.62. The molecule has 4 nitrogen and oxygen atoms in total. The van der Waals surface area contributed by atoms with E-state index < -0.39 is 5.60 Å². The minimum atomic E-state index is -0.535. The summed E-state index contributed by atoms with van der Waals surface area (Å²) in [6, 6.07) is 15.7. The average molecular weight is 516 g/mol. The standard InChI is InChI=1S/C29H36Cl2N2O2/c30-26-11-10-23(17-27(26)31)28(34)33-19-24(25(20-33)22-8-9-22)18-32-15-13-29(35,14-16-32)12-4-7-21-5-2-1-3-6-21/h1-3,5-6,10-11,17,22,24-25,35H,4,7-9,12-16,18-20H2. The van der Waals surface area contributed by atoms with Gasteiger partial charge >= 0.3 is 0 Å². The third kappa shape index (κ3) is 6.22. The Hall–Kier alpha value is -1.59. The first-order valence-corrected chi connectivity index (χ1v) is 13.9. The molecule has 1 saturated carbocycles. The number of amides is 1. The van der Waals surface area contributed by atoms with Crippen molar-refractivity contribution in [3.05, 3.63) is 69.7 Å². The van der Waals surface area contributed by atoms with E-state index >= 15 is 0 Å². The van der Waals surface area contributed by atoms with Crippen LogP contribution >= 0.6 is 23.2 Å². The van der Waals surface area contributed by atoms with Crippen LogP contribution in [0.1, 0.15) is 54.4 Å². The summed E-state index contributed by atoms with van der Waals surface area (Å²) in [5, 5.41) is 12.1. The fourth-order valence-electron chi connectivity index (χ4n) is 6.13. The van der Waals surface area contributed by atoms with Gasteiger partial charge in [0, 0.05) is 38.3 Å². The summed E-state index contributed by atoms with van der Waals surface area (Å²) >= 11 is 12.2. The molecule has 2 saturated heterocycles. The zero-order chi connectivity index (χ0) is 24.4. The first-order chi connectivity index (χ1) is 16.9. The van der Waals surface area contributed by atoms with E-state index in [0.717, 1.165) is 70.7 Å². The number of likely N-dealkylation sites (tertiary alicyclic amines) is 2. The minimum absolute atomic E-state index is 0.0585. The van der Waals surface area contributed by atoms with Crippen molar-refractivity contribution in [3.63, 3.8) is 0 Å². The number of piperidine rings is 1. The van der Waals surface area contributed by atoms with E-state index in [2.05, 4.69) is 29.2 Å². The molecule has 2 unspecified atom stereocenters. The summed E-state index contributed by atoms with van der Waals surface area (Å²) in [6.45, 7) is 4.54. The Morgan fingerprint density at radius 1 is 1.00 bits per heavy atom. The number of hydrogen-bond donors (Lipinski definition) is 1. The van der Waals surface area contributed by atoms with Crippen LogP contribution in [-0.4, -0.2) is 59.1 Å². The van der Waals surface area contributed by atoms with Crippen molar-refractivity contribution in [2.24, 2.45) is 17.8 Å². The highest BCUT2D eigenvalue weighted by atomic mass is 35.5. The van der Waals surface area contributed by atoms with Crippen molar-refractivity contribution in [1.29, 1.82) is 0 Å². The fraction of sp³-hybridized carbons (Fsp3) is 0.552. The second-order valence-corrected chi connectivity index (χ2v) is 11.8. The number of benzene rings is 2. The van der Waals surface area contributed by atoms with Gasteiger partial charge in [-0.15, -0.1) is 0 Å². The van der Waals surface area contributed by atoms with Crippen LogP contribution in [0.3, 0.4) is 0 Å². The summed E-state index contributed by atoms with van der Waals surface area (Å²) < 4.78 is 0. The number of hydrogen-bond acceptors (Lipinski definition) is 3. The van der Waals surface area contributed by atoms with Gasteiger partial charge in [0.25, 0.3) is 5.91 Å². The van der Waals surface area contributed by atoms with Crippen LogP contribution < -0.4 is 0 Å². The molecule has 0 aromatic heterocycles. The first kappa shape index (κ1) is 25.1. The maximum Gasteiger partial charge on any atom is 0.253 e. The molecule has 5 rings (SSSR count). The van der Waals surface area contributed by atoms with Gasteiger partial charge in [-0.25, -0.2) is 0 Å². The lowest BCUT2D eigenvalue weighted by Gasteiger charge is -2.39. The third-order valence-corrected chi connectivity index (χ3v) is 9.14. The van der Waals surface area contributed by atoms with Gasteiger partial charge in [-0.05, 0) is 86.5 Å². The molecule has 1 aliphatic carbocycles. The monoisotopic (exact) mass is 514 g/mol. The summed E-state index contributed by atoms with van der Waals surface area (Å²) in [5.74, 6) is 1.89. The van der Waals surface area contributed by atoms with Crippen molar-refractivity contribution in [2.75, 3.05) is 32.7 Å². The maximum absolute atomic E-state index is 13.2. The lowest BCUT2D eigenvalue weighted by Crippen LogP contribution is -2.46. The maximum atomic E-state index is 13.2. The number of aryl methyl sites for hydroxylation is 1. The number of rotatable bonds is 8. The van der Waals surface area contributed by atoms with Gasteiger partial charge in [0.2, 0.25) is 0 Å². The number of halogens is 2. The van der Waals surface area contributed by atoms with E-state index in [1.807, 2.05) is 11.0 Å². The Balaban J connectivity index is 1.13. The van der Waals surface area contributed by atoms with E-state index in [-0.39, 0.29) is 5.91 Å². The molecule has 1 amide bonds. The van der Waals surface area contributed by atoms with Crippen molar-refractivity contribution in [3.8, 4) is 0 Å². The molecule has 3 aliphatic rings. The van der Waals surface area contributed by atoms with Crippen LogP contribution in [0.15, 0.2) is 48.5 Å². The van der Waals surface area contributed by atoms with Crippen LogP contribution in [0, 0.1) is 17.8 Å². The van der Waals surface area contributed by atoms with Crippen molar-refractivity contribution in [2.45, 2.75) is 50.5 Å². The molecular weight excluding hydrogens is 479 g/mol. The quantitative estimate of drug-likeness (QED) is 0.473. The largest absolute Gasteiger partial charge is 0.390 e. The second kappa shape index (κ2) is 10.8. The highest BCUT2D eigenvalue weighted by molar-refractivity contribution is 6.42. The molecule has 0 bridgehead atoms. The van der Waals surface area contributed by atoms with Gasteiger partial charge in [0.05, 0.1) is 15.6 Å². The van der Waals surface area contributed by atoms with E-state index in [4.69, 9.17) is 23.2 Å². The Kier molecular flexibility index (Phi) is 7.74. The van der Waals surface area contributed by atoms with Crippen LogP contribution in [0.5, 0.6) is 0 Å². The molecule has 2 heterocycles. The van der Waals surface area contributed by atoms with Gasteiger partial charge in [0.1, 0.15) is 0 Å². The van der Waals surface area contributed by atoms with Crippen LogP contribution in [0.25, 0.3) is 0 Å². The Labute approximate surface area is 219 Å². The smallest absolute Gasteiger partial charge is 0.253 e. The molecule has 188 valence electrons. The third-order valence-electron chi connectivity index (χ3n) is 8.40. The van der Waals surface area contributed by atoms with Gasteiger partial charge in [0.15, 0.2) is 0 Å². The molecule has 6 heteroatoms. The lowest BCUT2D eigenvalue weighted by molar-refractivity contribution is -0.0323. The molecule has 3 fully saturated rings. The van der Waals surface area contributed by atoms with Crippen LogP contribution in [0.2, 0.25) is 10.0 Å². The van der Waals surface area contributed by atoms with Gasteiger partial charge in [-0.2, -0.15) is 0 Å². The van der Waals surface area contributed by atoms with E-state index in [1.165, 1.54) is 18.4 Å². The van der Waals surface area contributed by atoms with E-state index in [9.17, 15) is 9.90 Å². The second-order valence-electron chi connectivity index (χ2n) is 11.0. The SMILES string of the molecule is O=C(c1ccc(Cl)c(Cl)c1)N1CC(CN2CCC(O)(CCCc3ccccc3)CC2)C(C2CC2)C1. The zero-order valence-corrected chi connectivity index (χ0v) is 21.9. The summed E-state index contributed by atoms with van der Waals surface area (Å²) in [6.07, 6.45) is 7.19. The highest BCUT2D eigenvalue weighted by Gasteiger charge is 2.45. The van der Waals surface area contributed by atoms with Crippen LogP contribution in [0.4, 0.5) is 0 Å². The molecule has 2 aliphatic heterocycles. The fourth-order valence-corrected chi connectivity index (χ4v) is 6.42. The first-order valence-electron chi connectivity index (χ1n) is 13.1.